The van der Waals surface area contributed by atoms with E-state index >= 15 is 0 Å². The van der Waals surface area contributed by atoms with Crippen molar-refractivity contribution < 1.29 is 13.2 Å². The number of benzene rings is 1. The van der Waals surface area contributed by atoms with E-state index in [0.717, 1.165) is 57.5 Å². The van der Waals surface area contributed by atoms with Crippen LogP contribution in [0, 0.1) is 5.92 Å². The lowest BCUT2D eigenvalue weighted by Crippen LogP contribution is -2.34. The Hall–Kier alpha value is -1.89. The minimum Gasteiger partial charge on any atom is -0.359 e. The molecule has 2 fully saturated rings. The summed E-state index contributed by atoms with van der Waals surface area (Å²) in [5, 5.41) is 2.64. The van der Waals surface area contributed by atoms with Crippen molar-refractivity contribution in [3.63, 3.8) is 0 Å². The molecule has 0 bridgehead atoms. The highest BCUT2D eigenvalue weighted by atomic mass is 32.2. The van der Waals surface area contributed by atoms with Crippen LogP contribution in [-0.2, 0) is 14.8 Å². The van der Waals surface area contributed by atoms with Crippen molar-refractivity contribution in [2.75, 3.05) is 18.4 Å². The number of amidine groups is 1. The maximum Gasteiger partial charge on any atom is 0.283 e. The summed E-state index contributed by atoms with van der Waals surface area (Å²) < 4.78 is 29.8. The first-order valence-corrected chi connectivity index (χ1v) is 10.4. The Morgan fingerprint density at radius 1 is 1.08 bits per heavy atom. The number of carbonyl (C=O) groups is 1. The molecule has 1 aliphatic heterocycles. The average molecular weight is 363 g/mol. The molecule has 0 aromatic heterocycles. The van der Waals surface area contributed by atoms with Gasteiger partial charge in [-0.1, -0.05) is 12.8 Å². The summed E-state index contributed by atoms with van der Waals surface area (Å²) in [6, 6.07) is 6.19. The van der Waals surface area contributed by atoms with Gasteiger partial charge in [0.2, 0.25) is 5.91 Å². The molecule has 136 valence electrons. The van der Waals surface area contributed by atoms with Gasteiger partial charge in [0.05, 0.1) is 4.90 Å². The van der Waals surface area contributed by atoms with Crippen LogP contribution in [0.25, 0.3) is 0 Å². The number of nitrogens with zero attached hydrogens (tertiary/aromatic N) is 2. The van der Waals surface area contributed by atoms with Gasteiger partial charge in [-0.15, -0.1) is 4.40 Å². The zero-order chi connectivity index (χ0) is 17.9. The molecule has 1 aromatic rings. The van der Waals surface area contributed by atoms with E-state index in [2.05, 4.69) is 14.6 Å². The predicted molar refractivity (Wildman–Crippen MR) is 98.1 cm³/mol. The minimum absolute atomic E-state index is 0.163. The van der Waals surface area contributed by atoms with Gasteiger partial charge in [-0.2, -0.15) is 8.42 Å². The van der Waals surface area contributed by atoms with E-state index < -0.39 is 10.0 Å². The van der Waals surface area contributed by atoms with Crippen LogP contribution in [0.2, 0.25) is 0 Å². The van der Waals surface area contributed by atoms with Crippen LogP contribution in [0.15, 0.2) is 33.6 Å². The molecule has 3 rings (SSSR count). The number of carbonyl (C=O) groups excluding carboxylic acids is 1. The van der Waals surface area contributed by atoms with E-state index in [-0.39, 0.29) is 16.7 Å². The normalized spacial score (nSPS) is 19.4. The smallest absolute Gasteiger partial charge is 0.283 e. The van der Waals surface area contributed by atoms with Crippen LogP contribution < -0.4 is 5.32 Å². The monoisotopic (exact) mass is 363 g/mol. The molecule has 1 amide bonds. The summed E-state index contributed by atoms with van der Waals surface area (Å²) in [5.41, 5.74) is 0.575. The predicted octanol–water partition coefficient (Wildman–Crippen LogP) is 3.02. The molecule has 0 spiro atoms. The van der Waals surface area contributed by atoms with Crippen molar-refractivity contribution in [3.8, 4) is 0 Å². The molecule has 7 heteroatoms. The quantitative estimate of drug-likeness (QED) is 0.659. The highest BCUT2D eigenvalue weighted by Gasteiger charge is 2.29. The first-order valence-electron chi connectivity index (χ1n) is 8.93. The Balaban J connectivity index is 1.87. The van der Waals surface area contributed by atoms with Crippen LogP contribution in [0.1, 0.15) is 45.4 Å². The van der Waals surface area contributed by atoms with Crippen molar-refractivity contribution >= 4 is 27.5 Å². The Morgan fingerprint density at radius 2 is 1.68 bits per heavy atom. The first-order chi connectivity index (χ1) is 12.0. The fourth-order valence-corrected chi connectivity index (χ4v) is 4.71. The van der Waals surface area contributed by atoms with Gasteiger partial charge in [0.1, 0.15) is 5.84 Å². The van der Waals surface area contributed by atoms with E-state index in [9.17, 15) is 13.2 Å². The maximum atomic E-state index is 12.8. The molecule has 1 saturated carbocycles. The topological polar surface area (TPSA) is 78.8 Å². The fraction of sp³-hybridized carbons (Fsp3) is 0.556. The number of amides is 1. The molecule has 1 heterocycles. The van der Waals surface area contributed by atoms with Crippen molar-refractivity contribution in [2.45, 2.75) is 50.3 Å². The third kappa shape index (κ3) is 4.39. The summed E-state index contributed by atoms with van der Waals surface area (Å²) in [6.07, 6.45) is 6.51. The molecule has 1 saturated heterocycles. The van der Waals surface area contributed by atoms with Crippen molar-refractivity contribution in [2.24, 2.45) is 10.3 Å². The first kappa shape index (κ1) is 17.9. The lowest BCUT2D eigenvalue weighted by molar-refractivity contribution is -0.114. The van der Waals surface area contributed by atoms with Crippen LogP contribution in [0.3, 0.4) is 0 Å². The zero-order valence-corrected chi connectivity index (χ0v) is 15.4. The highest BCUT2D eigenvalue weighted by Crippen LogP contribution is 2.30. The van der Waals surface area contributed by atoms with Crippen molar-refractivity contribution in [3.05, 3.63) is 24.3 Å². The van der Waals surface area contributed by atoms with Crippen molar-refractivity contribution in [1.82, 2.24) is 4.90 Å². The van der Waals surface area contributed by atoms with Gasteiger partial charge < -0.3 is 10.2 Å². The number of rotatable bonds is 4. The molecule has 1 aliphatic carbocycles. The van der Waals surface area contributed by atoms with E-state index in [1.165, 1.54) is 19.1 Å². The third-order valence-electron chi connectivity index (χ3n) is 4.84. The molecule has 1 aromatic carbocycles. The molecule has 6 nitrogen and oxygen atoms in total. The van der Waals surface area contributed by atoms with Gasteiger partial charge in [0.15, 0.2) is 0 Å². The molecule has 25 heavy (non-hydrogen) atoms. The number of nitrogens with one attached hydrogen (secondary N) is 1. The van der Waals surface area contributed by atoms with Crippen LogP contribution in [-0.4, -0.2) is 38.2 Å². The van der Waals surface area contributed by atoms with Crippen LogP contribution in [0.4, 0.5) is 5.69 Å². The van der Waals surface area contributed by atoms with Gasteiger partial charge in [0.25, 0.3) is 10.0 Å². The van der Waals surface area contributed by atoms with Crippen molar-refractivity contribution in [1.29, 1.82) is 0 Å². The number of hydrogen-bond acceptors (Lipinski definition) is 3. The summed E-state index contributed by atoms with van der Waals surface area (Å²) in [4.78, 5) is 13.4. The molecule has 0 radical (unpaired) electrons. The molecule has 2 aliphatic rings. The fourth-order valence-electron chi connectivity index (χ4n) is 3.61. The molecular weight excluding hydrogens is 338 g/mol. The molecule has 1 N–H and O–H groups in total. The average Bonchev–Trinajstić information content (AvgIpc) is 3.26. The standard InChI is InChI=1S/C18H25N3O3S/c1-14(22)19-16-8-10-17(11-9-16)25(23,24)20-18(15-6-2-3-7-15)21-12-4-5-13-21/h8-11,15H,2-7,12-13H2,1H3,(H,19,22). The summed E-state index contributed by atoms with van der Waals surface area (Å²) in [5.74, 6) is 0.818. The maximum absolute atomic E-state index is 12.8. The Kier molecular flexibility index (Phi) is 5.42. The molecule has 0 atom stereocenters. The zero-order valence-electron chi connectivity index (χ0n) is 14.6. The Bertz CT molecular complexity index is 726. The van der Waals surface area contributed by atoms with Gasteiger partial charge in [-0.25, -0.2) is 0 Å². The minimum atomic E-state index is -3.75. The van der Waals surface area contributed by atoms with Gasteiger partial charge >= 0.3 is 0 Å². The molecule has 0 unspecified atom stereocenters. The second-order valence-electron chi connectivity index (χ2n) is 6.81. The lowest BCUT2D eigenvalue weighted by Gasteiger charge is -2.24. The molecular formula is C18H25N3O3S. The van der Waals surface area contributed by atoms with Gasteiger partial charge in [0, 0.05) is 31.6 Å². The SMILES string of the molecule is CC(=O)Nc1ccc(S(=O)(=O)N=C(C2CCCC2)N2CCCC2)cc1. The second kappa shape index (κ2) is 7.56. The van der Waals surface area contributed by atoms with Gasteiger partial charge in [-0.05, 0) is 49.9 Å². The van der Waals surface area contributed by atoms with Crippen LogP contribution in [0.5, 0.6) is 0 Å². The number of anilines is 1. The van der Waals surface area contributed by atoms with Gasteiger partial charge in [-0.3, -0.25) is 4.79 Å². The van der Waals surface area contributed by atoms with E-state index in [1.807, 2.05) is 0 Å². The van der Waals surface area contributed by atoms with E-state index in [0.29, 0.717) is 5.69 Å². The number of sulfonamides is 1. The summed E-state index contributed by atoms with van der Waals surface area (Å²) in [6.45, 7) is 3.21. The Morgan fingerprint density at radius 3 is 2.24 bits per heavy atom. The Labute approximate surface area is 149 Å². The number of hydrogen-bond donors (Lipinski definition) is 1. The highest BCUT2D eigenvalue weighted by molar-refractivity contribution is 7.90. The van der Waals surface area contributed by atoms with E-state index in [4.69, 9.17) is 0 Å². The largest absolute Gasteiger partial charge is 0.359 e. The second-order valence-corrected chi connectivity index (χ2v) is 8.41. The van der Waals surface area contributed by atoms with Crippen LogP contribution >= 0.6 is 0 Å². The van der Waals surface area contributed by atoms with E-state index in [1.54, 1.807) is 12.1 Å². The lowest BCUT2D eigenvalue weighted by atomic mass is 10.1. The third-order valence-corrected chi connectivity index (χ3v) is 6.13. The summed E-state index contributed by atoms with van der Waals surface area (Å²) >= 11 is 0. The summed E-state index contributed by atoms with van der Waals surface area (Å²) in [7, 11) is -3.75. The number of likely N-dealkylation sites (tertiary alicyclic amines) is 1.